The van der Waals surface area contributed by atoms with E-state index in [1.54, 1.807) is 42.5 Å². The lowest BCUT2D eigenvalue weighted by Crippen LogP contribution is -2.06. The maximum Gasteiger partial charge on any atom is 0.168 e. The van der Waals surface area contributed by atoms with Gasteiger partial charge in [0.2, 0.25) is 0 Å². The smallest absolute Gasteiger partial charge is 0.168 e. The molecule has 0 spiro atoms. The fraction of sp³-hybridized carbons (Fsp3) is 0.176. The second-order valence-corrected chi connectivity index (χ2v) is 5.99. The second-order valence-electron chi connectivity index (χ2n) is 5.05. The average Bonchev–Trinajstić information content (AvgIpc) is 2.97. The van der Waals surface area contributed by atoms with Crippen molar-refractivity contribution >= 4 is 11.8 Å². The van der Waals surface area contributed by atoms with Crippen LogP contribution >= 0.6 is 11.8 Å². The van der Waals surface area contributed by atoms with Crippen molar-refractivity contribution in [2.75, 3.05) is 0 Å². The molecule has 3 rings (SSSR count). The number of hydrogen-bond acceptors (Lipinski definition) is 4. The number of hydrogen-bond donors (Lipinski definition) is 1. The Morgan fingerprint density at radius 2 is 1.78 bits per heavy atom. The van der Waals surface area contributed by atoms with Crippen LogP contribution in [-0.4, -0.2) is 19.6 Å². The molecule has 0 unspecified atom stereocenters. The predicted molar refractivity (Wildman–Crippen MR) is 87.4 cm³/mol. The summed E-state index contributed by atoms with van der Waals surface area (Å²) in [6, 6.07) is 10.3. The summed E-state index contributed by atoms with van der Waals surface area (Å²) in [7, 11) is 0. The van der Waals surface area contributed by atoms with Gasteiger partial charge in [-0.25, -0.2) is 9.37 Å². The molecule has 0 atom stereocenters. The standard InChI is InChI=1S/C17H16FN3OS/c18-15-3-1-14(2-4-15)12-23-17-20-9-16(11-22)21(17)10-13-5-7-19-8-6-13/h1-9,22H,10-12H2. The lowest BCUT2D eigenvalue weighted by molar-refractivity contribution is 0.270. The molecule has 2 heterocycles. The fourth-order valence-electron chi connectivity index (χ4n) is 2.20. The molecule has 1 aromatic carbocycles. The van der Waals surface area contributed by atoms with Gasteiger partial charge < -0.3 is 9.67 Å². The zero-order valence-electron chi connectivity index (χ0n) is 12.4. The van der Waals surface area contributed by atoms with Gasteiger partial charge >= 0.3 is 0 Å². The normalized spacial score (nSPS) is 10.9. The number of imidazole rings is 1. The lowest BCUT2D eigenvalue weighted by atomic mass is 10.2. The third-order valence-electron chi connectivity index (χ3n) is 3.43. The van der Waals surface area contributed by atoms with Crippen LogP contribution in [0.5, 0.6) is 0 Å². The maximum atomic E-state index is 12.9. The van der Waals surface area contributed by atoms with Gasteiger partial charge in [0.05, 0.1) is 25.0 Å². The van der Waals surface area contributed by atoms with E-state index < -0.39 is 0 Å². The highest BCUT2D eigenvalue weighted by Gasteiger charge is 2.11. The summed E-state index contributed by atoms with van der Waals surface area (Å²) in [6.07, 6.45) is 5.18. The van der Waals surface area contributed by atoms with Gasteiger partial charge in [-0.1, -0.05) is 23.9 Å². The molecule has 0 saturated carbocycles. The first-order chi connectivity index (χ1) is 11.3. The van der Waals surface area contributed by atoms with Crippen molar-refractivity contribution in [2.24, 2.45) is 0 Å². The Labute approximate surface area is 138 Å². The number of aliphatic hydroxyl groups is 1. The minimum atomic E-state index is -0.236. The van der Waals surface area contributed by atoms with Gasteiger partial charge in [0.1, 0.15) is 5.82 Å². The monoisotopic (exact) mass is 329 g/mol. The maximum absolute atomic E-state index is 12.9. The SMILES string of the molecule is OCc1cnc(SCc2ccc(F)cc2)n1Cc1ccncc1. The van der Waals surface area contributed by atoms with Crippen LogP contribution in [0.15, 0.2) is 60.1 Å². The zero-order valence-corrected chi connectivity index (χ0v) is 13.2. The third-order valence-corrected chi connectivity index (χ3v) is 4.50. The number of pyridine rings is 1. The number of thioether (sulfide) groups is 1. The van der Waals surface area contributed by atoms with Crippen molar-refractivity contribution in [3.8, 4) is 0 Å². The molecule has 0 radical (unpaired) electrons. The topological polar surface area (TPSA) is 50.9 Å². The molecule has 0 bridgehead atoms. The Hall–Kier alpha value is -2.18. The highest BCUT2D eigenvalue weighted by molar-refractivity contribution is 7.98. The molecule has 0 aliphatic carbocycles. The van der Waals surface area contributed by atoms with Crippen molar-refractivity contribution < 1.29 is 9.50 Å². The number of benzene rings is 1. The highest BCUT2D eigenvalue weighted by atomic mass is 32.2. The molecule has 118 valence electrons. The van der Waals surface area contributed by atoms with E-state index in [4.69, 9.17) is 0 Å². The zero-order chi connectivity index (χ0) is 16.1. The van der Waals surface area contributed by atoms with Crippen molar-refractivity contribution in [1.29, 1.82) is 0 Å². The Kier molecular flexibility index (Phi) is 5.05. The average molecular weight is 329 g/mol. The van der Waals surface area contributed by atoms with Crippen LogP contribution in [0.4, 0.5) is 4.39 Å². The molecule has 0 amide bonds. The Bertz CT molecular complexity index is 759. The first kappa shape index (κ1) is 15.7. The van der Waals surface area contributed by atoms with Crippen molar-refractivity contribution in [2.45, 2.75) is 24.1 Å². The molecule has 0 aliphatic heterocycles. The van der Waals surface area contributed by atoms with E-state index >= 15 is 0 Å². The van der Waals surface area contributed by atoms with Gasteiger partial charge in [0, 0.05) is 18.1 Å². The molecule has 6 heteroatoms. The van der Waals surface area contributed by atoms with E-state index in [2.05, 4.69) is 9.97 Å². The molecule has 4 nitrogen and oxygen atoms in total. The van der Waals surface area contributed by atoms with E-state index in [9.17, 15) is 9.50 Å². The minimum absolute atomic E-state index is 0.0603. The van der Waals surface area contributed by atoms with Crippen LogP contribution in [0.3, 0.4) is 0 Å². The molecule has 23 heavy (non-hydrogen) atoms. The van der Waals surface area contributed by atoms with Gasteiger partial charge in [0.15, 0.2) is 5.16 Å². The summed E-state index contributed by atoms with van der Waals surface area (Å²) in [4.78, 5) is 8.40. The first-order valence-corrected chi connectivity index (χ1v) is 8.16. The minimum Gasteiger partial charge on any atom is -0.390 e. The third kappa shape index (κ3) is 3.97. The Morgan fingerprint density at radius 3 is 2.48 bits per heavy atom. The van der Waals surface area contributed by atoms with Crippen LogP contribution in [0.2, 0.25) is 0 Å². The molecule has 0 aliphatic rings. The number of nitrogens with zero attached hydrogens (tertiary/aromatic N) is 3. The van der Waals surface area contributed by atoms with Crippen molar-refractivity contribution in [3.63, 3.8) is 0 Å². The lowest BCUT2D eigenvalue weighted by Gasteiger charge is -2.10. The van der Waals surface area contributed by atoms with Crippen LogP contribution < -0.4 is 0 Å². The van der Waals surface area contributed by atoms with E-state index in [-0.39, 0.29) is 12.4 Å². The fourth-order valence-corrected chi connectivity index (χ4v) is 3.15. The van der Waals surface area contributed by atoms with Crippen LogP contribution in [0.25, 0.3) is 0 Å². The van der Waals surface area contributed by atoms with Gasteiger partial charge in [-0.05, 0) is 35.4 Å². The molecule has 3 aromatic rings. The van der Waals surface area contributed by atoms with Crippen LogP contribution in [0.1, 0.15) is 16.8 Å². The van der Waals surface area contributed by atoms with Crippen molar-refractivity contribution in [3.05, 3.63) is 77.6 Å². The summed E-state index contributed by atoms with van der Waals surface area (Å²) in [5.74, 6) is 0.457. The summed E-state index contributed by atoms with van der Waals surface area (Å²) in [5.41, 5.74) is 2.89. The molecule has 0 saturated heterocycles. The molecular formula is C17H16FN3OS. The van der Waals surface area contributed by atoms with E-state index in [1.165, 1.54) is 12.1 Å². The summed E-state index contributed by atoms with van der Waals surface area (Å²) >= 11 is 1.56. The molecular weight excluding hydrogens is 313 g/mol. The molecule has 1 N–H and O–H groups in total. The predicted octanol–water partition coefficient (Wildman–Crippen LogP) is 3.25. The molecule has 2 aromatic heterocycles. The van der Waals surface area contributed by atoms with Gasteiger partial charge in [0.25, 0.3) is 0 Å². The number of aliphatic hydroxyl groups excluding tert-OH is 1. The number of rotatable bonds is 6. The van der Waals surface area contributed by atoms with Crippen molar-refractivity contribution in [1.82, 2.24) is 14.5 Å². The Morgan fingerprint density at radius 1 is 1.04 bits per heavy atom. The molecule has 0 fully saturated rings. The Balaban J connectivity index is 1.76. The number of halogens is 1. The van der Waals surface area contributed by atoms with E-state index in [1.807, 2.05) is 16.7 Å². The largest absolute Gasteiger partial charge is 0.390 e. The van der Waals surface area contributed by atoms with E-state index in [0.29, 0.717) is 12.3 Å². The quantitative estimate of drug-likeness (QED) is 0.705. The van der Waals surface area contributed by atoms with Gasteiger partial charge in [-0.3, -0.25) is 4.98 Å². The van der Waals surface area contributed by atoms with Gasteiger partial charge in [-0.2, -0.15) is 0 Å². The highest BCUT2D eigenvalue weighted by Crippen LogP contribution is 2.24. The summed E-state index contributed by atoms with van der Waals surface area (Å²) in [6.45, 7) is 0.569. The second kappa shape index (κ2) is 7.39. The number of aromatic nitrogens is 3. The van der Waals surface area contributed by atoms with Crippen LogP contribution in [0, 0.1) is 5.82 Å². The van der Waals surface area contributed by atoms with Crippen LogP contribution in [-0.2, 0) is 18.9 Å². The first-order valence-electron chi connectivity index (χ1n) is 7.17. The summed E-state index contributed by atoms with van der Waals surface area (Å²) in [5, 5.41) is 10.3. The summed E-state index contributed by atoms with van der Waals surface area (Å²) < 4.78 is 14.9. The van der Waals surface area contributed by atoms with Gasteiger partial charge in [-0.15, -0.1) is 0 Å². The van der Waals surface area contributed by atoms with E-state index in [0.717, 1.165) is 22.0 Å².